The number of Topliss-reactive ketones (excluding diaryl/α,β-unsaturated/α-hetero) is 1. The number of carbonyl (C=O) groups excluding carboxylic acids is 3. The van der Waals surface area contributed by atoms with Gasteiger partial charge in [0.25, 0.3) is 17.3 Å². The van der Waals surface area contributed by atoms with Crippen molar-refractivity contribution in [3.63, 3.8) is 0 Å². The molecule has 0 saturated heterocycles. The zero-order valence-electron chi connectivity index (χ0n) is 19.5. The Labute approximate surface area is 215 Å². The number of nitrogens with one attached hydrogen (secondary N) is 2. The fraction of sp³-hybridized carbons (Fsp3) is 0.0769. The SMILES string of the molecule is Cc1c(C(=O)C/C(=N/NC(=O)c2ccccc2)C(=O)Nc2ccc(Cl)cc2)[n+](=O)c2ccccc2n1[O-]. The van der Waals surface area contributed by atoms with Crippen molar-refractivity contribution in [3.8, 4) is 0 Å². The zero-order chi connectivity index (χ0) is 26.5. The molecule has 0 aliphatic carbocycles. The number of fused-ring (bicyclic) bond motifs is 1. The highest BCUT2D eigenvalue weighted by Gasteiger charge is 2.29. The van der Waals surface area contributed by atoms with Gasteiger partial charge < -0.3 is 15.3 Å². The molecule has 0 fully saturated rings. The zero-order valence-corrected chi connectivity index (χ0v) is 20.2. The van der Waals surface area contributed by atoms with E-state index < -0.39 is 29.7 Å². The Morgan fingerprint density at radius 3 is 2.32 bits per heavy atom. The van der Waals surface area contributed by atoms with Gasteiger partial charge in [-0.25, -0.2) is 5.43 Å². The number of ketones is 1. The molecular weight excluding hydrogens is 498 g/mol. The van der Waals surface area contributed by atoms with E-state index in [1.54, 1.807) is 66.7 Å². The van der Waals surface area contributed by atoms with Crippen LogP contribution in [0.1, 0.15) is 33.0 Å². The van der Waals surface area contributed by atoms with Crippen molar-refractivity contribution in [1.29, 1.82) is 0 Å². The molecule has 10 nitrogen and oxygen atoms in total. The normalized spacial score (nSPS) is 11.2. The smallest absolute Gasteiger partial charge is 0.325 e. The fourth-order valence-electron chi connectivity index (χ4n) is 3.58. The highest BCUT2D eigenvalue weighted by molar-refractivity contribution is 6.46. The van der Waals surface area contributed by atoms with E-state index in [1.165, 1.54) is 19.1 Å². The Hall–Kier alpha value is -4.83. The number of amides is 2. The highest BCUT2D eigenvalue weighted by Crippen LogP contribution is 2.16. The Morgan fingerprint density at radius 2 is 1.62 bits per heavy atom. The van der Waals surface area contributed by atoms with E-state index in [4.69, 9.17) is 11.6 Å². The molecule has 0 radical (unpaired) electrons. The molecule has 0 saturated carbocycles. The average Bonchev–Trinajstić information content (AvgIpc) is 2.91. The first-order chi connectivity index (χ1) is 17.8. The van der Waals surface area contributed by atoms with E-state index in [1.807, 2.05) is 0 Å². The number of aromatic nitrogens is 2. The van der Waals surface area contributed by atoms with Crippen molar-refractivity contribution in [2.45, 2.75) is 13.3 Å². The van der Waals surface area contributed by atoms with E-state index in [9.17, 15) is 24.5 Å². The lowest BCUT2D eigenvalue weighted by Crippen LogP contribution is -2.34. The minimum atomic E-state index is -0.832. The van der Waals surface area contributed by atoms with Crippen LogP contribution < -0.4 is 15.2 Å². The summed E-state index contributed by atoms with van der Waals surface area (Å²) < 4.78 is 0.845. The maximum atomic E-state index is 13.2. The summed E-state index contributed by atoms with van der Waals surface area (Å²) in [7, 11) is 0. The first kappa shape index (κ1) is 25.3. The predicted molar refractivity (Wildman–Crippen MR) is 139 cm³/mol. The van der Waals surface area contributed by atoms with E-state index in [2.05, 4.69) is 15.8 Å². The number of anilines is 1. The summed E-state index contributed by atoms with van der Waals surface area (Å²) in [6.45, 7) is 1.34. The number of hydrazone groups is 1. The van der Waals surface area contributed by atoms with Gasteiger partial charge in [-0.15, -0.1) is 0 Å². The van der Waals surface area contributed by atoms with Gasteiger partial charge in [-0.2, -0.15) is 5.10 Å². The van der Waals surface area contributed by atoms with Crippen LogP contribution in [0.2, 0.25) is 5.02 Å². The minimum Gasteiger partial charge on any atom is -0.805 e. The maximum Gasteiger partial charge on any atom is 0.325 e. The van der Waals surface area contributed by atoms with Gasteiger partial charge in [0.1, 0.15) is 11.2 Å². The summed E-state index contributed by atoms with van der Waals surface area (Å²) in [6.07, 6.45) is -0.671. The number of rotatable bonds is 7. The van der Waals surface area contributed by atoms with E-state index in [0.717, 1.165) is 0 Å². The van der Waals surface area contributed by atoms with Gasteiger partial charge in [-0.3, -0.25) is 14.4 Å². The predicted octanol–water partition coefficient (Wildman–Crippen LogP) is 3.86. The van der Waals surface area contributed by atoms with E-state index >= 15 is 0 Å². The molecule has 4 rings (SSSR count). The molecule has 0 unspecified atom stereocenters. The monoisotopic (exact) mass is 517 g/mol. The Balaban J connectivity index is 1.68. The third-order valence-electron chi connectivity index (χ3n) is 5.45. The largest absolute Gasteiger partial charge is 0.805 e. The van der Waals surface area contributed by atoms with Crippen LogP contribution in [0.15, 0.2) is 84.0 Å². The van der Waals surface area contributed by atoms with Crippen LogP contribution in [0.5, 0.6) is 0 Å². The van der Waals surface area contributed by atoms with Gasteiger partial charge >= 0.3 is 5.69 Å². The second kappa shape index (κ2) is 10.8. The quantitative estimate of drug-likeness (QED) is 0.166. The number of benzene rings is 3. The number of hydrogen-bond acceptors (Lipinski definition) is 6. The van der Waals surface area contributed by atoms with Crippen LogP contribution >= 0.6 is 11.6 Å². The minimum absolute atomic E-state index is 0.00654. The van der Waals surface area contributed by atoms with Crippen LogP contribution in [-0.2, 0) is 4.79 Å². The lowest BCUT2D eigenvalue weighted by atomic mass is 10.1. The molecule has 186 valence electrons. The number of nitrogens with zero attached hydrogens (tertiary/aromatic N) is 3. The molecule has 0 aliphatic heterocycles. The Morgan fingerprint density at radius 1 is 0.973 bits per heavy atom. The summed E-state index contributed by atoms with van der Waals surface area (Å²) in [5, 5.41) is 19.6. The fourth-order valence-corrected chi connectivity index (χ4v) is 3.71. The number of halogens is 1. The standard InChI is InChI=1S/C26H20ClN5O5/c1-16-24(32(37)22-10-6-5-9-21(22)31(16)36)23(33)15-20(26(35)28-19-13-11-18(27)12-14-19)29-30-25(34)17-7-3-2-4-8-17/h2-14H,15H2,1H3,(H,28,35)(H,30,34)/b29-20-. The molecule has 0 bridgehead atoms. The van der Waals surface area contributed by atoms with Crippen LogP contribution in [0.25, 0.3) is 11.0 Å². The topological polar surface area (TPSA) is 139 Å². The van der Waals surface area contributed by atoms with E-state index in [0.29, 0.717) is 19.9 Å². The summed E-state index contributed by atoms with van der Waals surface area (Å²) in [4.78, 5) is 51.7. The van der Waals surface area contributed by atoms with Crippen molar-refractivity contribution in [2.24, 2.45) is 5.10 Å². The third kappa shape index (κ3) is 5.54. The van der Waals surface area contributed by atoms with Gasteiger partial charge in [0, 0.05) is 27.2 Å². The Kier molecular flexibility index (Phi) is 7.40. The molecule has 1 aromatic heterocycles. The van der Waals surface area contributed by atoms with Crippen molar-refractivity contribution >= 4 is 51.6 Å². The first-order valence-electron chi connectivity index (χ1n) is 11.0. The van der Waals surface area contributed by atoms with Crippen molar-refractivity contribution in [1.82, 2.24) is 10.2 Å². The molecule has 1 heterocycles. The lowest BCUT2D eigenvalue weighted by molar-refractivity contribution is -0.468. The van der Waals surface area contributed by atoms with Gasteiger partial charge in [0.05, 0.1) is 16.5 Å². The van der Waals surface area contributed by atoms with Gasteiger partial charge in [-0.05, 0) is 49.4 Å². The third-order valence-corrected chi connectivity index (χ3v) is 5.71. The number of hydrogen-bond donors (Lipinski definition) is 2. The molecule has 37 heavy (non-hydrogen) atoms. The molecular formula is C26H20ClN5O5. The van der Waals surface area contributed by atoms with E-state index in [-0.39, 0.29) is 28.0 Å². The summed E-state index contributed by atoms with van der Waals surface area (Å²) in [6, 6.07) is 20.4. The van der Waals surface area contributed by atoms with Crippen molar-refractivity contribution in [2.75, 3.05) is 5.32 Å². The molecule has 0 spiro atoms. The molecule has 2 N–H and O–H groups in total. The lowest BCUT2D eigenvalue weighted by Gasteiger charge is -2.16. The van der Waals surface area contributed by atoms with Crippen molar-refractivity contribution < 1.29 is 18.8 Å². The van der Waals surface area contributed by atoms with Gasteiger partial charge in [-0.1, -0.05) is 41.9 Å². The maximum absolute atomic E-state index is 13.2. The van der Waals surface area contributed by atoms with Crippen LogP contribution in [0.4, 0.5) is 5.69 Å². The summed E-state index contributed by atoms with van der Waals surface area (Å²) in [5.74, 6) is -2.24. The molecule has 3 aromatic carbocycles. The molecule has 4 aromatic rings. The molecule has 2 amide bonds. The van der Waals surface area contributed by atoms with Crippen LogP contribution in [0.3, 0.4) is 0 Å². The van der Waals surface area contributed by atoms with Crippen LogP contribution in [0, 0.1) is 17.0 Å². The van der Waals surface area contributed by atoms with Crippen molar-refractivity contribution in [3.05, 3.63) is 111 Å². The second-order valence-electron chi connectivity index (χ2n) is 7.94. The molecule has 0 aliphatic rings. The number of carbonyl (C=O) groups is 3. The summed E-state index contributed by atoms with van der Waals surface area (Å²) >= 11 is 5.89. The molecule has 11 heteroatoms. The second-order valence-corrected chi connectivity index (χ2v) is 8.37. The highest BCUT2D eigenvalue weighted by atomic mass is 35.5. The summed E-state index contributed by atoms with van der Waals surface area (Å²) in [5.41, 5.74) is 2.05. The molecule has 0 atom stereocenters. The van der Waals surface area contributed by atoms with Crippen LogP contribution in [-0.4, -0.2) is 28.0 Å². The first-order valence-corrected chi connectivity index (χ1v) is 11.4. The Bertz CT molecular complexity index is 1600. The van der Waals surface area contributed by atoms with Gasteiger partial charge in [0.2, 0.25) is 5.78 Å². The van der Waals surface area contributed by atoms with Gasteiger partial charge in [0.15, 0.2) is 0 Å². The number of para-hydroxylation sites is 2. The average molecular weight is 518 g/mol.